The third kappa shape index (κ3) is 4.45. The molecule has 1 rings (SSSR count). The normalized spacial score (nSPS) is 12.6. The lowest BCUT2D eigenvalue weighted by atomic mass is 10.3. The van der Waals surface area contributed by atoms with Crippen LogP contribution in [0, 0.1) is 0 Å². The molecular weight excluding hydrogens is 290 g/mol. The Morgan fingerprint density at radius 2 is 2.29 bits per heavy atom. The zero-order chi connectivity index (χ0) is 12.8. The van der Waals surface area contributed by atoms with Crippen molar-refractivity contribution in [2.75, 3.05) is 20.3 Å². The largest absolute Gasteiger partial charge is 0.383 e. The van der Waals surface area contributed by atoms with Gasteiger partial charge in [0.2, 0.25) is 0 Å². The molecule has 0 aliphatic rings. The molecule has 1 heterocycles. The third-order valence-electron chi connectivity index (χ3n) is 2.23. The second-order valence-electron chi connectivity index (χ2n) is 3.74. The van der Waals surface area contributed by atoms with Crippen LogP contribution in [-0.4, -0.2) is 35.9 Å². The number of methoxy groups -OCH3 is 1. The number of hydrogen-bond donors (Lipinski definition) is 2. The number of ether oxygens (including phenoxy) is 1. The Labute approximate surface area is 107 Å². The predicted octanol–water partition coefficient (Wildman–Crippen LogP) is -0.0764. The van der Waals surface area contributed by atoms with E-state index in [1.807, 2.05) is 6.92 Å². The fraction of sp³-hybridized carbons (Fsp3) is 0.600. The van der Waals surface area contributed by atoms with Crippen molar-refractivity contribution >= 4 is 15.9 Å². The SMILES string of the molecule is COCC(C)NCCn1cc(Br)c(=O)[nH]c1=O. The Morgan fingerprint density at radius 1 is 1.59 bits per heavy atom. The minimum atomic E-state index is -0.410. The second kappa shape index (κ2) is 6.73. The fourth-order valence-corrected chi connectivity index (χ4v) is 1.74. The molecule has 0 radical (unpaired) electrons. The summed E-state index contributed by atoms with van der Waals surface area (Å²) in [5.41, 5.74) is -0.814. The number of halogens is 1. The Kier molecular flexibility index (Phi) is 5.60. The minimum absolute atomic E-state index is 0.224. The van der Waals surface area contributed by atoms with Gasteiger partial charge in [0.05, 0.1) is 11.1 Å². The van der Waals surface area contributed by atoms with Gasteiger partial charge in [-0.05, 0) is 22.9 Å². The molecule has 2 N–H and O–H groups in total. The zero-order valence-electron chi connectivity index (χ0n) is 9.83. The third-order valence-corrected chi connectivity index (χ3v) is 2.79. The highest BCUT2D eigenvalue weighted by Crippen LogP contribution is 1.97. The molecular formula is C10H16BrN3O3. The summed E-state index contributed by atoms with van der Waals surface area (Å²) in [7, 11) is 1.64. The van der Waals surface area contributed by atoms with Crippen LogP contribution in [0.15, 0.2) is 20.3 Å². The summed E-state index contributed by atoms with van der Waals surface area (Å²) in [6, 6.07) is 0.224. The van der Waals surface area contributed by atoms with Crippen LogP contribution in [0.4, 0.5) is 0 Å². The summed E-state index contributed by atoms with van der Waals surface area (Å²) in [4.78, 5) is 24.8. The van der Waals surface area contributed by atoms with Gasteiger partial charge in [-0.1, -0.05) is 0 Å². The van der Waals surface area contributed by atoms with E-state index in [0.29, 0.717) is 24.2 Å². The first-order valence-corrected chi connectivity index (χ1v) is 6.05. The summed E-state index contributed by atoms with van der Waals surface area (Å²) >= 11 is 3.08. The lowest BCUT2D eigenvalue weighted by Crippen LogP contribution is -2.36. The molecule has 0 saturated heterocycles. The van der Waals surface area contributed by atoms with Crippen molar-refractivity contribution in [2.24, 2.45) is 0 Å². The van der Waals surface area contributed by atoms with E-state index in [-0.39, 0.29) is 6.04 Å². The summed E-state index contributed by atoms with van der Waals surface area (Å²) in [5.74, 6) is 0. The molecule has 0 saturated carbocycles. The maximum absolute atomic E-state index is 11.4. The maximum Gasteiger partial charge on any atom is 0.328 e. The number of nitrogens with one attached hydrogen (secondary N) is 2. The first-order chi connectivity index (χ1) is 8.04. The maximum atomic E-state index is 11.4. The van der Waals surface area contributed by atoms with Gasteiger partial charge in [0.25, 0.3) is 5.56 Å². The van der Waals surface area contributed by atoms with Crippen LogP contribution in [0.5, 0.6) is 0 Å². The van der Waals surface area contributed by atoms with Crippen LogP contribution in [0.1, 0.15) is 6.92 Å². The number of hydrogen-bond acceptors (Lipinski definition) is 4. The highest BCUT2D eigenvalue weighted by molar-refractivity contribution is 9.10. The van der Waals surface area contributed by atoms with Gasteiger partial charge in [-0.3, -0.25) is 14.3 Å². The molecule has 0 bridgehead atoms. The topological polar surface area (TPSA) is 76.1 Å². The summed E-state index contributed by atoms with van der Waals surface area (Å²) in [5, 5.41) is 3.20. The average Bonchev–Trinajstić information content (AvgIpc) is 2.26. The Bertz CT molecular complexity index is 469. The molecule has 1 aromatic heterocycles. The van der Waals surface area contributed by atoms with E-state index < -0.39 is 11.2 Å². The van der Waals surface area contributed by atoms with E-state index in [4.69, 9.17) is 4.74 Å². The molecule has 0 spiro atoms. The van der Waals surface area contributed by atoms with Crippen LogP contribution in [0.25, 0.3) is 0 Å². The first-order valence-electron chi connectivity index (χ1n) is 5.26. The van der Waals surface area contributed by atoms with Gasteiger partial charge in [0, 0.05) is 32.4 Å². The molecule has 0 aliphatic heterocycles. The van der Waals surface area contributed by atoms with Crippen molar-refractivity contribution in [3.8, 4) is 0 Å². The van der Waals surface area contributed by atoms with Crippen molar-refractivity contribution in [3.05, 3.63) is 31.5 Å². The van der Waals surface area contributed by atoms with Crippen molar-refractivity contribution in [1.82, 2.24) is 14.9 Å². The Hall–Kier alpha value is -0.920. The second-order valence-corrected chi connectivity index (χ2v) is 4.59. The highest BCUT2D eigenvalue weighted by atomic mass is 79.9. The molecule has 0 fully saturated rings. The molecule has 7 heteroatoms. The Morgan fingerprint density at radius 3 is 2.94 bits per heavy atom. The molecule has 0 amide bonds. The van der Waals surface area contributed by atoms with Gasteiger partial charge in [-0.2, -0.15) is 0 Å². The van der Waals surface area contributed by atoms with Gasteiger partial charge >= 0.3 is 5.69 Å². The van der Waals surface area contributed by atoms with Crippen molar-refractivity contribution < 1.29 is 4.74 Å². The molecule has 6 nitrogen and oxygen atoms in total. The standard InChI is InChI=1S/C10H16BrN3O3/c1-7(6-17-2)12-3-4-14-5-8(11)9(15)13-10(14)16/h5,7,12H,3-4,6H2,1-2H3,(H,13,15,16). The van der Waals surface area contributed by atoms with Gasteiger partial charge in [0.1, 0.15) is 0 Å². The minimum Gasteiger partial charge on any atom is -0.383 e. The lowest BCUT2D eigenvalue weighted by Gasteiger charge is -2.13. The molecule has 96 valence electrons. The fourth-order valence-electron chi connectivity index (χ4n) is 1.39. The molecule has 17 heavy (non-hydrogen) atoms. The summed E-state index contributed by atoms with van der Waals surface area (Å²) in [6.07, 6.45) is 1.49. The monoisotopic (exact) mass is 305 g/mol. The number of aromatic nitrogens is 2. The van der Waals surface area contributed by atoms with Crippen LogP contribution < -0.4 is 16.6 Å². The van der Waals surface area contributed by atoms with E-state index in [1.54, 1.807) is 7.11 Å². The van der Waals surface area contributed by atoms with E-state index in [1.165, 1.54) is 10.8 Å². The number of rotatable bonds is 6. The van der Waals surface area contributed by atoms with Gasteiger partial charge in [0.15, 0.2) is 0 Å². The van der Waals surface area contributed by atoms with E-state index in [0.717, 1.165) is 0 Å². The van der Waals surface area contributed by atoms with Crippen molar-refractivity contribution in [2.45, 2.75) is 19.5 Å². The van der Waals surface area contributed by atoms with Gasteiger partial charge in [-0.15, -0.1) is 0 Å². The van der Waals surface area contributed by atoms with E-state index >= 15 is 0 Å². The average molecular weight is 306 g/mol. The lowest BCUT2D eigenvalue weighted by molar-refractivity contribution is 0.172. The van der Waals surface area contributed by atoms with Crippen LogP contribution in [-0.2, 0) is 11.3 Å². The first kappa shape index (κ1) is 14.1. The van der Waals surface area contributed by atoms with Crippen molar-refractivity contribution in [3.63, 3.8) is 0 Å². The summed E-state index contributed by atoms with van der Waals surface area (Å²) in [6.45, 7) is 3.73. The molecule has 0 aromatic carbocycles. The zero-order valence-corrected chi connectivity index (χ0v) is 11.4. The van der Waals surface area contributed by atoms with Crippen LogP contribution in [0.3, 0.4) is 0 Å². The predicted molar refractivity (Wildman–Crippen MR) is 68.4 cm³/mol. The smallest absolute Gasteiger partial charge is 0.328 e. The number of H-pyrrole nitrogens is 1. The van der Waals surface area contributed by atoms with E-state index in [9.17, 15) is 9.59 Å². The van der Waals surface area contributed by atoms with E-state index in [2.05, 4.69) is 26.2 Å². The van der Waals surface area contributed by atoms with Crippen LogP contribution >= 0.6 is 15.9 Å². The number of nitrogens with zero attached hydrogens (tertiary/aromatic N) is 1. The van der Waals surface area contributed by atoms with Gasteiger partial charge in [-0.25, -0.2) is 4.79 Å². The number of aromatic amines is 1. The molecule has 0 aliphatic carbocycles. The quantitative estimate of drug-likeness (QED) is 0.771. The van der Waals surface area contributed by atoms with Crippen molar-refractivity contribution in [1.29, 1.82) is 0 Å². The summed E-state index contributed by atoms with van der Waals surface area (Å²) < 4.78 is 6.77. The molecule has 1 aromatic rings. The van der Waals surface area contributed by atoms with Crippen LogP contribution in [0.2, 0.25) is 0 Å². The van der Waals surface area contributed by atoms with Gasteiger partial charge < -0.3 is 10.1 Å². The molecule has 1 atom stereocenters. The molecule has 1 unspecified atom stereocenters. The highest BCUT2D eigenvalue weighted by Gasteiger charge is 2.03. The Balaban J connectivity index is 2.55.